The van der Waals surface area contributed by atoms with Gasteiger partial charge in [-0.2, -0.15) is 12.1 Å². The maximum Gasteiger partial charge on any atom is 4.00 e. The molecule has 0 spiro atoms. The topological polar surface area (TPSA) is 0 Å². The Bertz CT molecular complexity index is 1820. The molecule has 0 radical (unpaired) electrons. The molecule has 3 heteroatoms. The minimum absolute atomic E-state index is 0. The molecule has 1 atom stereocenters. The van der Waals surface area contributed by atoms with E-state index in [-0.39, 0.29) is 51.0 Å². The summed E-state index contributed by atoms with van der Waals surface area (Å²) in [6.45, 7) is 11.2. The van der Waals surface area contributed by atoms with Gasteiger partial charge in [0, 0.05) is 0 Å². The molecule has 6 aromatic carbocycles. The summed E-state index contributed by atoms with van der Waals surface area (Å²) in [5.74, 6) is 2.00. The largest absolute Gasteiger partial charge is 4.00 e. The van der Waals surface area contributed by atoms with Gasteiger partial charge in [0.05, 0.1) is 0 Å². The summed E-state index contributed by atoms with van der Waals surface area (Å²) < 4.78 is 0. The van der Waals surface area contributed by atoms with E-state index in [1.54, 1.807) is 0 Å². The van der Waals surface area contributed by atoms with Crippen LogP contribution in [0.5, 0.6) is 0 Å². The van der Waals surface area contributed by atoms with Crippen LogP contribution in [0.25, 0.3) is 43.8 Å². The average Bonchev–Trinajstić information content (AvgIpc) is 3.68. The SMILES string of the molecule is CCC(C)c1cc2c(-c3ccc(C(C)C)cc3)cccc2[cH-]1.Cc1cc2c(-c3ccc(C4CCCCC4)cc3)cccc2[cH-]1.[Cl-].[Cl-].[Zr+4]. The second-order valence-electron chi connectivity index (χ2n) is 13.5. The van der Waals surface area contributed by atoms with E-state index in [4.69, 9.17) is 0 Å². The van der Waals surface area contributed by atoms with Crippen molar-refractivity contribution in [3.63, 3.8) is 0 Å². The van der Waals surface area contributed by atoms with Crippen LogP contribution in [-0.4, -0.2) is 0 Å². The molecule has 0 aliphatic heterocycles. The zero-order valence-electron chi connectivity index (χ0n) is 28.6. The minimum atomic E-state index is 0. The maximum atomic E-state index is 2.38. The van der Waals surface area contributed by atoms with Crippen molar-refractivity contribution in [2.45, 2.75) is 90.9 Å². The predicted octanol–water partition coefficient (Wildman–Crippen LogP) is 7.45. The van der Waals surface area contributed by atoms with Crippen molar-refractivity contribution in [2.75, 3.05) is 0 Å². The predicted molar refractivity (Wildman–Crippen MR) is 193 cm³/mol. The standard InChI is InChI=1S/C22H23.C22H25.2ClH.Zr/c1-16-14-20-8-5-9-21(22(20)15-16)19-12-10-18(11-13-19)17-6-3-2-4-7-17;1-5-16(4)20-13-19-7-6-8-21(22(19)14-20)18-11-9-17(10-12-18)15(2)3;;;/h5,8-15,17H,2-4,6-7H2,1H3;6-16H,5H2,1-4H3;2*1H;/q2*-1;;;+4/p-2. The van der Waals surface area contributed by atoms with Gasteiger partial charge in [-0.1, -0.05) is 132 Å². The van der Waals surface area contributed by atoms with Crippen LogP contribution in [0.2, 0.25) is 0 Å². The summed E-state index contributed by atoms with van der Waals surface area (Å²) in [5, 5.41) is 5.48. The van der Waals surface area contributed by atoms with E-state index < -0.39 is 0 Å². The normalized spacial score (nSPS) is 13.7. The summed E-state index contributed by atoms with van der Waals surface area (Å²) >= 11 is 0. The van der Waals surface area contributed by atoms with Crippen molar-refractivity contribution >= 4 is 21.5 Å². The second-order valence-corrected chi connectivity index (χ2v) is 13.5. The van der Waals surface area contributed by atoms with Gasteiger partial charge in [-0.25, -0.2) is 0 Å². The van der Waals surface area contributed by atoms with E-state index in [1.807, 2.05) is 0 Å². The Labute approximate surface area is 315 Å². The molecule has 0 aromatic heterocycles. The molecule has 1 aliphatic rings. The first-order valence-electron chi connectivity index (χ1n) is 17.0. The molecule has 1 aliphatic carbocycles. The molecule has 7 rings (SSSR count). The first-order chi connectivity index (χ1) is 21.4. The molecule has 6 aromatic rings. The van der Waals surface area contributed by atoms with Crippen LogP contribution in [0.1, 0.15) is 106 Å². The maximum absolute atomic E-state index is 2.38. The van der Waals surface area contributed by atoms with Gasteiger partial charge in [0.2, 0.25) is 0 Å². The number of hydrogen-bond donors (Lipinski definition) is 0. The average molecular weight is 739 g/mol. The smallest absolute Gasteiger partial charge is 1.00 e. The van der Waals surface area contributed by atoms with Gasteiger partial charge in [0.15, 0.2) is 0 Å². The summed E-state index contributed by atoms with van der Waals surface area (Å²) in [4.78, 5) is 0. The molecule has 0 N–H and O–H groups in total. The molecular formula is C44H48Cl2Zr. The molecular weight excluding hydrogens is 691 g/mol. The van der Waals surface area contributed by atoms with E-state index in [9.17, 15) is 0 Å². The van der Waals surface area contributed by atoms with Gasteiger partial charge in [0.25, 0.3) is 0 Å². The van der Waals surface area contributed by atoms with E-state index in [2.05, 4.69) is 144 Å². The quantitative estimate of drug-likeness (QED) is 0.156. The zero-order valence-corrected chi connectivity index (χ0v) is 32.6. The Morgan fingerprint density at radius 2 is 1.19 bits per heavy atom. The first-order valence-corrected chi connectivity index (χ1v) is 17.0. The van der Waals surface area contributed by atoms with Crippen molar-refractivity contribution in [3.8, 4) is 22.3 Å². The molecule has 1 unspecified atom stereocenters. The van der Waals surface area contributed by atoms with Crippen LogP contribution in [0.3, 0.4) is 0 Å². The number of fused-ring (bicyclic) bond motifs is 2. The molecule has 1 fully saturated rings. The van der Waals surface area contributed by atoms with E-state index >= 15 is 0 Å². The Hall–Kier alpha value is -2.44. The van der Waals surface area contributed by atoms with Gasteiger partial charge >= 0.3 is 26.2 Å². The molecule has 47 heavy (non-hydrogen) atoms. The third kappa shape index (κ3) is 8.98. The summed E-state index contributed by atoms with van der Waals surface area (Å²) in [6, 6.07) is 41.0. The fourth-order valence-electron chi connectivity index (χ4n) is 7.08. The third-order valence-corrected chi connectivity index (χ3v) is 10.0. The van der Waals surface area contributed by atoms with Gasteiger partial charge in [-0.05, 0) is 52.8 Å². The number of aryl methyl sites for hydroxylation is 1. The van der Waals surface area contributed by atoms with Crippen LogP contribution >= 0.6 is 0 Å². The van der Waals surface area contributed by atoms with E-state index in [0.717, 1.165) is 5.92 Å². The van der Waals surface area contributed by atoms with Crippen molar-refractivity contribution < 1.29 is 51.0 Å². The summed E-state index contributed by atoms with van der Waals surface area (Å²) in [6.07, 6.45) is 8.16. The Morgan fingerprint density at radius 3 is 1.74 bits per heavy atom. The fraction of sp³-hybridized carbons (Fsp3) is 0.318. The molecule has 0 bridgehead atoms. The van der Waals surface area contributed by atoms with Gasteiger partial charge < -0.3 is 24.8 Å². The number of halogens is 2. The van der Waals surface area contributed by atoms with Crippen LogP contribution in [0.15, 0.2) is 109 Å². The first kappa shape index (κ1) is 39.0. The second kappa shape index (κ2) is 17.8. The zero-order chi connectivity index (χ0) is 30.6. The Balaban J connectivity index is 0.000000240. The van der Waals surface area contributed by atoms with Crippen molar-refractivity contribution in [3.05, 3.63) is 131 Å². The number of rotatable bonds is 6. The van der Waals surface area contributed by atoms with Crippen molar-refractivity contribution in [1.29, 1.82) is 0 Å². The Morgan fingerprint density at radius 1 is 0.660 bits per heavy atom. The number of hydrogen-bond acceptors (Lipinski definition) is 0. The Kier molecular flexibility index (Phi) is 14.8. The van der Waals surface area contributed by atoms with Gasteiger partial charge in [-0.3, -0.25) is 0 Å². The van der Waals surface area contributed by atoms with Crippen LogP contribution < -0.4 is 24.8 Å². The van der Waals surface area contributed by atoms with E-state index in [1.165, 1.54) is 105 Å². The summed E-state index contributed by atoms with van der Waals surface area (Å²) in [7, 11) is 0. The molecule has 0 heterocycles. The monoisotopic (exact) mass is 736 g/mol. The van der Waals surface area contributed by atoms with Crippen LogP contribution in [-0.2, 0) is 26.2 Å². The van der Waals surface area contributed by atoms with Crippen LogP contribution in [0.4, 0.5) is 0 Å². The van der Waals surface area contributed by atoms with Gasteiger partial charge in [-0.15, -0.1) is 69.1 Å². The molecule has 242 valence electrons. The van der Waals surface area contributed by atoms with Crippen molar-refractivity contribution in [1.82, 2.24) is 0 Å². The fourth-order valence-corrected chi connectivity index (χ4v) is 7.08. The molecule has 1 saturated carbocycles. The minimum Gasteiger partial charge on any atom is -1.00 e. The molecule has 0 saturated heterocycles. The van der Waals surface area contributed by atoms with Crippen LogP contribution in [0, 0.1) is 6.92 Å². The van der Waals surface area contributed by atoms with Gasteiger partial charge in [0.1, 0.15) is 0 Å². The number of benzene rings is 4. The van der Waals surface area contributed by atoms with Crippen molar-refractivity contribution in [2.24, 2.45) is 0 Å². The molecule has 0 nitrogen and oxygen atoms in total. The summed E-state index contributed by atoms with van der Waals surface area (Å²) in [5.41, 5.74) is 11.1. The third-order valence-electron chi connectivity index (χ3n) is 10.0. The molecule has 0 amide bonds. The van der Waals surface area contributed by atoms with E-state index in [0.29, 0.717) is 11.8 Å².